The van der Waals surface area contributed by atoms with Gasteiger partial charge in [-0.3, -0.25) is 16.3 Å². The molecule has 1 unspecified atom stereocenters. The van der Waals surface area contributed by atoms with Gasteiger partial charge in [0.1, 0.15) is 5.82 Å². The number of nitrogens with two attached hydrogens (primary N) is 1. The Balaban J connectivity index is 2.47. The highest BCUT2D eigenvalue weighted by molar-refractivity contribution is 5.14. The van der Waals surface area contributed by atoms with Crippen molar-refractivity contribution < 1.29 is 9.13 Å². The largest absolute Gasteiger partial charge is 0.381 e. The molecule has 1 heterocycles. The molecule has 1 atom stereocenters. The highest BCUT2D eigenvalue weighted by Gasteiger charge is 2.10. The average Bonchev–Trinajstić information content (AvgIpc) is 2.29. The van der Waals surface area contributed by atoms with Gasteiger partial charge in [-0.25, -0.2) is 4.39 Å². The standard InChI is InChI=1S/C11H18FN3O/c1-2-4-16-5-3-11(15-13)9-6-10(12)8-14-7-9/h6-8,11,15H,2-5,13H2,1H3. The first-order valence-corrected chi connectivity index (χ1v) is 5.42. The molecule has 0 saturated heterocycles. The van der Waals surface area contributed by atoms with Crippen LogP contribution in [0.15, 0.2) is 18.5 Å². The molecule has 90 valence electrons. The average molecular weight is 227 g/mol. The zero-order chi connectivity index (χ0) is 11.8. The van der Waals surface area contributed by atoms with Gasteiger partial charge < -0.3 is 4.74 Å². The van der Waals surface area contributed by atoms with Crippen molar-refractivity contribution in [2.45, 2.75) is 25.8 Å². The lowest BCUT2D eigenvalue weighted by Crippen LogP contribution is -2.29. The molecule has 16 heavy (non-hydrogen) atoms. The maximum Gasteiger partial charge on any atom is 0.141 e. The fraction of sp³-hybridized carbons (Fsp3) is 0.545. The molecule has 0 spiro atoms. The van der Waals surface area contributed by atoms with Gasteiger partial charge >= 0.3 is 0 Å². The van der Waals surface area contributed by atoms with Gasteiger partial charge in [0.15, 0.2) is 0 Å². The van der Waals surface area contributed by atoms with E-state index in [-0.39, 0.29) is 11.9 Å². The minimum atomic E-state index is -0.354. The van der Waals surface area contributed by atoms with E-state index < -0.39 is 0 Å². The normalized spacial score (nSPS) is 12.7. The summed E-state index contributed by atoms with van der Waals surface area (Å²) < 4.78 is 18.3. The van der Waals surface area contributed by atoms with Crippen molar-refractivity contribution in [3.05, 3.63) is 29.8 Å². The summed E-state index contributed by atoms with van der Waals surface area (Å²) >= 11 is 0. The lowest BCUT2D eigenvalue weighted by molar-refractivity contribution is 0.124. The molecule has 1 rings (SSSR count). The summed E-state index contributed by atoms with van der Waals surface area (Å²) in [5.74, 6) is 5.06. The Morgan fingerprint density at radius 3 is 2.94 bits per heavy atom. The van der Waals surface area contributed by atoms with Crippen LogP contribution in [-0.2, 0) is 4.74 Å². The summed E-state index contributed by atoms with van der Waals surface area (Å²) in [7, 11) is 0. The lowest BCUT2D eigenvalue weighted by atomic mass is 10.1. The smallest absolute Gasteiger partial charge is 0.141 e. The van der Waals surface area contributed by atoms with Crippen LogP contribution in [0.2, 0.25) is 0 Å². The first-order valence-electron chi connectivity index (χ1n) is 5.42. The lowest BCUT2D eigenvalue weighted by Gasteiger charge is -2.15. The first-order chi connectivity index (χ1) is 7.77. The van der Waals surface area contributed by atoms with Gasteiger partial charge in [0.25, 0.3) is 0 Å². The van der Waals surface area contributed by atoms with Crippen LogP contribution in [0.3, 0.4) is 0 Å². The van der Waals surface area contributed by atoms with Crippen LogP contribution in [0.1, 0.15) is 31.4 Å². The third-order valence-electron chi connectivity index (χ3n) is 2.23. The van der Waals surface area contributed by atoms with Crippen molar-refractivity contribution in [3.8, 4) is 0 Å². The summed E-state index contributed by atoms with van der Waals surface area (Å²) in [6.07, 6.45) is 4.46. The monoisotopic (exact) mass is 227 g/mol. The Morgan fingerprint density at radius 2 is 2.31 bits per heavy atom. The summed E-state index contributed by atoms with van der Waals surface area (Å²) in [6, 6.07) is 1.30. The van der Waals surface area contributed by atoms with Crippen LogP contribution in [0, 0.1) is 5.82 Å². The molecule has 0 aliphatic heterocycles. The molecule has 0 saturated carbocycles. The van der Waals surface area contributed by atoms with E-state index in [1.807, 2.05) is 0 Å². The SMILES string of the molecule is CCCOCCC(NN)c1cncc(F)c1. The minimum Gasteiger partial charge on any atom is -0.381 e. The maximum absolute atomic E-state index is 12.9. The molecule has 1 aromatic heterocycles. The number of nitrogens with one attached hydrogen (secondary N) is 1. The fourth-order valence-electron chi connectivity index (χ4n) is 1.41. The molecule has 1 aromatic rings. The van der Waals surface area contributed by atoms with E-state index in [2.05, 4.69) is 17.3 Å². The Morgan fingerprint density at radius 1 is 1.50 bits per heavy atom. The van der Waals surface area contributed by atoms with Gasteiger partial charge in [-0.1, -0.05) is 6.92 Å². The van der Waals surface area contributed by atoms with Gasteiger partial charge in [-0.2, -0.15) is 0 Å². The van der Waals surface area contributed by atoms with Crippen LogP contribution < -0.4 is 11.3 Å². The van der Waals surface area contributed by atoms with Crippen molar-refractivity contribution in [1.29, 1.82) is 0 Å². The molecule has 0 aromatic carbocycles. The molecule has 5 heteroatoms. The number of hydrazine groups is 1. The molecule has 0 radical (unpaired) electrons. The number of hydrogen-bond donors (Lipinski definition) is 2. The summed E-state index contributed by atoms with van der Waals surface area (Å²) in [4.78, 5) is 3.79. The van der Waals surface area contributed by atoms with Gasteiger partial charge in [0.2, 0.25) is 0 Å². The van der Waals surface area contributed by atoms with E-state index in [4.69, 9.17) is 10.6 Å². The second-order valence-corrected chi connectivity index (χ2v) is 3.56. The predicted molar refractivity (Wildman–Crippen MR) is 60.0 cm³/mol. The summed E-state index contributed by atoms with van der Waals surface area (Å²) in [6.45, 7) is 3.38. The summed E-state index contributed by atoms with van der Waals surface area (Å²) in [5, 5.41) is 0. The van der Waals surface area contributed by atoms with Gasteiger partial charge in [-0.15, -0.1) is 0 Å². The zero-order valence-electron chi connectivity index (χ0n) is 9.45. The summed E-state index contributed by atoms with van der Waals surface area (Å²) in [5.41, 5.74) is 3.37. The van der Waals surface area contributed by atoms with E-state index >= 15 is 0 Å². The number of ether oxygens (including phenoxy) is 1. The second kappa shape index (κ2) is 7.27. The molecule has 0 fully saturated rings. The quantitative estimate of drug-likeness (QED) is 0.421. The topological polar surface area (TPSA) is 60.2 Å². The Hall–Kier alpha value is -1.04. The number of rotatable bonds is 7. The van der Waals surface area contributed by atoms with Crippen LogP contribution in [-0.4, -0.2) is 18.2 Å². The maximum atomic E-state index is 12.9. The van der Waals surface area contributed by atoms with Gasteiger partial charge in [0, 0.05) is 25.5 Å². The molecule has 0 aliphatic carbocycles. The molecular weight excluding hydrogens is 209 g/mol. The van der Waals surface area contributed by atoms with Crippen LogP contribution in [0.4, 0.5) is 4.39 Å². The number of halogens is 1. The Kier molecular flexibility index (Phi) is 5.92. The minimum absolute atomic E-state index is 0.125. The first kappa shape index (κ1) is 13.0. The van der Waals surface area contributed by atoms with E-state index in [0.717, 1.165) is 18.6 Å². The fourth-order valence-corrected chi connectivity index (χ4v) is 1.41. The second-order valence-electron chi connectivity index (χ2n) is 3.56. The molecule has 0 aliphatic rings. The third-order valence-corrected chi connectivity index (χ3v) is 2.23. The zero-order valence-corrected chi connectivity index (χ0v) is 9.45. The Bertz CT molecular complexity index is 309. The van der Waals surface area contributed by atoms with Crippen molar-refractivity contribution in [3.63, 3.8) is 0 Å². The van der Waals surface area contributed by atoms with E-state index in [0.29, 0.717) is 13.0 Å². The number of aromatic nitrogens is 1. The van der Waals surface area contributed by atoms with E-state index in [1.165, 1.54) is 12.3 Å². The van der Waals surface area contributed by atoms with Crippen molar-refractivity contribution >= 4 is 0 Å². The molecule has 4 nitrogen and oxygen atoms in total. The van der Waals surface area contributed by atoms with Crippen LogP contribution >= 0.6 is 0 Å². The number of nitrogens with zero attached hydrogens (tertiary/aromatic N) is 1. The Labute approximate surface area is 95.0 Å². The molecular formula is C11H18FN3O. The number of pyridine rings is 1. The van der Waals surface area contributed by atoms with Gasteiger partial charge in [-0.05, 0) is 24.5 Å². The van der Waals surface area contributed by atoms with Crippen molar-refractivity contribution in [1.82, 2.24) is 10.4 Å². The molecule has 3 N–H and O–H groups in total. The highest BCUT2D eigenvalue weighted by Crippen LogP contribution is 2.15. The van der Waals surface area contributed by atoms with Crippen molar-refractivity contribution in [2.75, 3.05) is 13.2 Å². The van der Waals surface area contributed by atoms with Crippen LogP contribution in [0.5, 0.6) is 0 Å². The molecule has 0 amide bonds. The van der Waals surface area contributed by atoms with Crippen molar-refractivity contribution in [2.24, 2.45) is 5.84 Å². The highest BCUT2D eigenvalue weighted by atomic mass is 19.1. The van der Waals surface area contributed by atoms with Gasteiger partial charge in [0.05, 0.1) is 6.20 Å². The third kappa shape index (κ3) is 4.22. The van der Waals surface area contributed by atoms with E-state index in [9.17, 15) is 4.39 Å². The number of hydrogen-bond acceptors (Lipinski definition) is 4. The predicted octanol–water partition coefficient (Wildman–Crippen LogP) is 1.54. The van der Waals surface area contributed by atoms with Crippen LogP contribution in [0.25, 0.3) is 0 Å². The molecule has 0 bridgehead atoms. The van der Waals surface area contributed by atoms with E-state index in [1.54, 1.807) is 6.20 Å².